The standard InChI is InChI=1S/C13H25F/c1-6-8-9-10-11-13(14,7-2)12(3,4)5/h7H,2,6,8-11H2,1,3-5H3. The average Bonchev–Trinajstić information content (AvgIpc) is 2.10. The summed E-state index contributed by atoms with van der Waals surface area (Å²) in [5.41, 5.74) is -1.54. The molecule has 0 heterocycles. The molecule has 84 valence electrons. The van der Waals surface area contributed by atoms with E-state index < -0.39 is 5.67 Å². The van der Waals surface area contributed by atoms with Crippen molar-refractivity contribution in [1.29, 1.82) is 0 Å². The van der Waals surface area contributed by atoms with Gasteiger partial charge in [0.1, 0.15) is 5.67 Å². The highest BCUT2D eigenvalue weighted by Gasteiger charge is 2.38. The number of alkyl halides is 1. The van der Waals surface area contributed by atoms with Gasteiger partial charge in [0.2, 0.25) is 0 Å². The fraction of sp³-hybridized carbons (Fsp3) is 0.846. The zero-order chi connectivity index (χ0) is 11.2. The van der Waals surface area contributed by atoms with E-state index >= 15 is 0 Å². The number of hydrogen-bond donors (Lipinski definition) is 0. The van der Waals surface area contributed by atoms with Crippen LogP contribution in [0.5, 0.6) is 0 Å². The van der Waals surface area contributed by atoms with Crippen molar-refractivity contribution in [3.63, 3.8) is 0 Å². The van der Waals surface area contributed by atoms with Crippen molar-refractivity contribution in [3.8, 4) is 0 Å². The lowest BCUT2D eigenvalue weighted by Gasteiger charge is -2.35. The van der Waals surface area contributed by atoms with E-state index in [0.717, 1.165) is 12.8 Å². The van der Waals surface area contributed by atoms with Gasteiger partial charge in [-0.3, -0.25) is 0 Å². The van der Waals surface area contributed by atoms with E-state index in [1.807, 2.05) is 20.8 Å². The highest BCUT2D eigenvalue weighted by molar-refractivity contribution is 5.03. The van der Waals surface area contributed by atoms with Gasteiger partial charge in [-0.25, -0.2) is 4.39 Å². The molecule has 0 nitrogen and oxygen atoms in total. The van der Waals surface area contributed by atoms with Crippen molar-refractivity contribution in [2.24, 2.45) is 5.41 Å². The summed E-state index contributed by atoms with van der Waals surface area (Å²) in [6.45, 7) is 11.6. The van der Waals surface area contributed by atoms with Gasteiger partial charge in [0.15, 0.2) is 0 Å². The topological polar surface area (TPSA) is 0 Å². The van der Waals surface area contributed by atoms with Crippen LogP contribution in [0.1, 0.15) is 59.8 Å². The molecule has 0 aliphatic carbocycles. The molecule has 1 heteroatoms. The number of hydrogen-bond acceptors (Lipinski definition) is 0. The summed E-state index contributed by atoms with van der Waals surface area (Å²) < 4.78 is 14.3. The summed E-state index contributed by atoms with van der Waals surface area (Å²) in [5.74, 6) is 0. The van der Waals surface area contributed by atoms with Gasteiger partial charge >= 0.3 is 0 Å². The van der Waals surface area contributed by atoms with Crippen LogP contribution in [0.3, 0.4) is 0 Å². The molecule has 0 aromatic rings. The molecular weight excluding hydrogens is 175 g/mol. The van der Waals surface area contributed by atoms with E-state index in [1.54, 1.807) is 0 Å². The quantitative estimate of drug-likeness (QED) is 0.422. The Kier molecular flexibility index (Phi) is 5.40. The third-order valence-corrected chi connectivity index (χ3v) is 2.96. The first kappa shape index (κ1) is 13.7. The minimum atomic E-state index is -1.21. The first-order valence-electron chi connectivity index (χ1n) is 5.70. The maximum atomic E-state index is 14.3. The van der Waals surface area contributed by atoms with Crippen molar-refractivity contribution in [1.82, 2.24) is 0 Å². The van der Waals surface area contributed by atoms with Crippen LogP contribution in [-0.2, 0) is 0 Å². The predicted octanol–water partition coefficient (Wildman–Crippen LogP) is 4.90. The normalized spacial score (nSPS) is 16.4. The van der Waals surface area contributed by atoms with E-state index in [1.165, 1.54) is 18.9 Å². The SMILES string of the molecule is C=CC(F)(CCCCCC)C(C)(C)C. The van der Waals surface area contributed by atoms with Crippen LogP contribution in [0.2, 0.25) is 0 Å². The van der Waals surface area contributed by atoms with E-state index in [-0.39, 0.29) is 5.41 Å². The lowest BCUT2D eigenvalue weighted by molar-refractivity contribution is 0.0672. The zero-order valence-electron chi connectivity index (χ0n) is 10.2. The Morgan fingerprint density at radius 1 is 1.14 bits per heavy atom. The highest BCUT2D eigenvalue weighted by Crippen LogP contribution is 2.39. The summed E-state index contributed by atoms with van der Waals surface area (Å²) in [7, 11) is 0. The Bertz CT molecular complexity index is 167. The molecule has 0 spiro atoms. The molecule has 0 aromatic carbocycles. The fourth-order valence-electron chi connectivity index (χ4n) is 1.59. The van der Waals surface area contributed by atoms with E-state index in [2.05, 4.69) is 13.5 Å². The summed E-state index contributed by atoms with van der Waals surface area (Å²) in [6, 6.07) is 0. The molecule has 0 N–H and O–H groups in total. The van der Waals surface area contributed by atoms with Crippen LogP contribution < -0.4 is 0 Å². The lowest BCUT2D eigenvalue weighted by Crippen LogP contribution is -2.36. The van der Waals surface area contributed by atoms with Crippen molar-refractivity contribution >= 4 is 0 Å². The molecule has 14 heavy (non-hydrogen) atoms. The zero-order valence-corrected chi connectivity index (χ0v) is 10.2. The van der Waals surface area contributed by atoms with Crippen LogP contribution in [0.25, 0.3) is 0 Å². The summed E-state index contributed by atoms with van der Waals surface area (Å²) >= 11 is 0. The fourth-order valence-corrected chi connectivity index (χ4v) is 1.59. The van der Waals surface area contributed by atoms with Crippen LogP contribution in [0, 0.1) is 5.41 Å². The van der Waals surface area contributed by atoms with Crippen molar-refractivity contribution in [2.75, 3.05) is 0 Å². The molecule has 0 saturated heterocycles. The van der Waals surface area contributed by atoms with Gasteiger partial charge in [-0.1, -0.05) is 59.6 Å². The van der Waals surface area contributed by atoms with Crippen LogP contribution in [0.15, 0.2) is 12.7 Å². The van der Waals surface area contributed by atoms with Gasteiger partial charge in [-0.2, -0.15) is 0 Å². The first-order chi connectivity index (χ1) is 6.37. The molecule has 1 unspecified atom stereocenters. The summed E-state index contributed by atoms with van der Waals surface area (Å²) in [6.07, 6.45) is 6.60. The van der Waals surface area contributed by atoms with Gasteiger partial charge in [0.25, 0.3) is 0 Å². The molecule has 0 aliphatic rings. The van der Waals surface area contributed by atoms with Crippen LogP contribution >= 0.6 is 0 Å². The predicted molar refractivity (Wildman–Crippen MR) is 62.3 cm³/mol. The van der Waals surface area contributed by atoms with Crippen molar-refractivity contribution in [3.05, 3.63) is 12.7 Å². The van der Waals surface area contributed by atoms with Crippen LogP contribution in [-0.4, -0.2) is 5.67 Å². The molecule has 0 aliphatic heterocycles. The minimum Gasteiger partial charge on any atom is -0.239 e. The third-order valence-electron chi connectivity index (χ3n) is 2.96. The van der Waals surface area contributed by atoms with Gasteiger partial charge in [-0.15, -0.1) is 0 Å². The van der Waals surface area contributed by atoms with Gasteiger partial charge < -0.3 is 0 Å². The molecule has 0 fully saturated rings. The number of rotatable bonds is 6. The van der Waals surface area contributed by atoms with Gasteiger partial charge in [0, 0.05) is 0 Å². The Labute approximate surface area is 88.6 Å². The molecule has 0 rings (SSSR count). The smallest absolute Gasteiger partial charge is 0.133 e. The Hall–Kier alpha value is -0.330. The number of allylic oxidation sites excluding steroid dienone is 1. The second-order valence-electron chi connectivity index (χ2n) is 5.13. The Balaban J connectivity index is 4.07. The third kappa shape index (κ3) is 3.81. The second-order valence-corrected chi connectivity index (χ2v) is 5.13. The molecule has 0 bridgehead atoms. The van der Waals surface area contributed by atoms with Crippen molar-refractivity contribution in [2.45, 2.75) is 65.5 Å². The molecule has 1 atom stereocenters. The molecular formula is C13H25F. The number of unbranched alkanes of at least 4 members (excludes halogenated alkanes) is 3. The van der Waals surface area contributed by atoms with E-state index in [0.29, 0.717) is 6.42 Å². The minimum absolute atomic E-state index is 0.332. The number of halogens is 1. The second kappa shape index (κ2) is 5.53. The maximum Gasteiger partial charge on any atom is 0.133 e. The van der Waals surface area contributed by atoms with Crippen molar-refractivity contribution < 1.29 is 4.39 Å². The summed E-state index contributed by atoms with van der Waals surface area (Å²) in [5, 5.41) is 0. The molecule has 0 amide bonds. The average molecular weight is 200 g/mol. The van der Waals surface area contributed by atoms with E-state index in [9.17, 15) is 4.39 Å². The maximum absolute atomic E-state index is 14.3. The van der Waals surface area contributed by atoms with Gasteiger partial charge in [-0.05, 0) is 18.3 Å². The monoisotopic (exact) mass is 200 g/mol. The molecule has 0 radical (unpaired) electrons. The summed E-state index contributed by atoms with van der Waals surface area (Å²) in [4.78, 5) is 0. The lowest BCUT2D eigenvalue weighted by atomic mass is 9.75. The Morgan fingerprint density at radius 2 is 1.71 bits per heavy atom. The molecule has 0 aromatic heterocycles. The van der Waals surface area contributed by atoms with E-state index in [4.69, 9.17) is 0 Å². The Morgan fingerprint density at radius 3 is 2.07 bits per heavy atom. The van der Waals surface area contributed by atoms with Crippen LogP contribution in [0.4, 0.5) is 4.39 Å². The first-order valence-corrected chi connectivity index (χ1v) is 5.70. The molecule has 0 saturated carbocycles. The highest BCUT2D eigenvalue weighted by atomic mass is 19.1. The largest absolute Gasteiger partial charge is 0.239 e. The van der Waals surface area contributed by atoms with Gasteiger partial charge in [0.05, 0.1) is 0 Å².